The van der Waals surface area contributed by atoms with Crippen molar-refractivity contribution in [3.63, 3.8) is 0 Å². The molecule has 0 aromatic heterocycles. The fraction of sp³-hybridized carbons (Fsp3) is 0.750. The molecule has 2 aliphatic rings. The zero-order valence-electron chi connectivity index (χ0n) is 7.12. The molecular weight excluding hydrogens is 174 g/mol. The molecule has 0 aromatic rings. The molecule has 2 fully saturated rings. The van der Waals surface area contributed by atoms with E-state index < -0.39 is 0 Å². The van der Waals surface area contributed by atoms with Gasteiger partial charge in [-0.05, 0) is 0 Å². The number of ether oxygens (including phenoxy) is 2. The SMILES string of the molecule is O=C1CC(OC(=O)C2COC2)CN1. The maximum absolute atomic E-state index is 11.2. The van der Waals surface area contributed by atoms with Gasteiger partial charge >= 0.3 is 5.97 Å². The van der Waals surface area contributed by atoms with E-state index >= 15 is 0 Å². The molecule has 2 saturated heterocycles. The molecule has 0 spiro atoms. The van der Waals surface area contributed by atoms with Gasteiger partial charge in [0, 0.05) is 0 Å². The van der Waals surface area contributed by atoms with Gasteiger partial charge < -0.3 is 14.8 Å². The molecule has 2 heterocycles. The number of rotatable bonds is 2. The topological polar surface area (TPSA) is 64.6 Å². The highest BCUT2D eigenvalue weighted by Crippen LogP contribution is 2.14. The summed E-state index contributed by atoms with van der Waals surface area (Å²) in [5.74, 6) is -0.411. The first-order valence-electron chi connectivity index (χ1n) is 4.30. The number of esters is 1. The predicted molar refractivity (Wildman–Crippen MR) is 41.8 cm³/mol. The first-order valence-corrected chi connectivity index (χ1v) is 4.30. The van der Waals surface area contributed by atoms with E-state index in [4.69, 9.17) is 9.47 Å². The van der Waals surface area contributed by atoms with Gasteiger partial charge in [0.05, 0.1) is 26.2 Å². The van der Waals surface area contributed by atoms with Crippen molar-refractivity contribution >= 4 is 11.9 Å². The highest BCUT2D eigenvalue weighted by Gasteiger charge is 2.32. The number of amides is 1. The summed E-state index contributed by atoms with van der Waals surface area (Å²) in [5.41, 5.74) is 0. The normalized spacial score (nSPS) is 28.0. The van der Waals surface area contributed by atoms with Crippen molar-refractivity contribution in [1.82, 2.24) is 5.32 Å². The van der Waals surface area contributed by atoms with E-state index in [1.807, 2.05) is 0 Å². The number of nitrogens with one attached hydrogen (secondary N) is 1. The van der Waals surface area contributed by atoms with E-state index in [0.29, 0.717) is 26.2 Å². The maximum atomic E-state index is 11.2. The third-order valence-corrected chi connectivity index (χ3v) is 2.19. The van der Waals surface area contributed by atoms with Gasteiger partial charge in [0.2, 0.25) is 5.91 Å². The first kappa shape index (κ1) is 8.50. The molecule has 0 aromatic carbocycles. The van der Waals surface area contributed by atoms with Gasteiger partial charge in [-0.2, -0.15) is 0 Å². The van der Waals surface area contributed by atoms with Gasteiger partial charge in [-0.3, -0.25) is 9.59 Å². The van der Waals surface area contributed by atoms with Crippen molar-refractivity contribution < 1.29 is 19.1 Å². The molecule has 5 nitrogen and oxygen atoms in total. The van der Waals surface area contributed by atoms with Crippen LogP contribution in [0.3, 0.4) is 0 Å². The molecule has 1 atom stereocenters. The largest absolute Gasteiger partial charge is 0.460 e. The summed E-state index contributed by atoms with van der Waals surface area (Å²) in [7, 11) is 0. The maximum Gasteiger partial charge on any atom is 0.314 e. The van der Waals surface area contributed by atoms with Crippen LogP contribution in [0.2, 0.25) is 0 Å². The average Bonchev–Trinajstić information content (AvgIpc) is 2.31. The van der Waals surface area contributed by atoms with Crippen LogP contribution in [0.5, 0.6) is 0 Å². The van der Waals surface area contributed by atoms with Crippen LogP contribution in [0.4, 0.5) is 0 Å². The summed E-state index contributed by atoms with van der Waals surface area (Å²) >= 11 is 0. The summed E-state index contributed by atoms with van der Waals surface area (Å²) in [6.45, 7) is 1.35. The zero-order chi connectivity index (χ0) is 9.26. The second-order valence-electron chi connectivity index (χ2n) is 3.30. The van der Waals surface area contributed by atoms with Gasteiger partial charge in [-0.1, -0.05) is 0 Å². The molecule has 1 N–H and O–H groups in total. The van der Waals surface area contributed by atoms with Crippen LogP contribution in [0.25, 0.3) is 0 Å². The van der Waals surface area contributed by atoms with Crippen molar-refractivity contribution in [1.29, 1.82) is 0 Å². The minimum atomic E-state index is -0.277. The van der Waals surface area contributed by atoms with Crippen LogP contribution in [-0.4, -0.2) is 37.7 Å². The van der Waals surface area contributed by atoms with E-state index in [9.17, 15) is 9.59 Å². The van der Waals surface area contributed by atoms with Crippen molar-refractivity contribution in [2.45, 2.75) is 12.5 Å². The Kier molecular flexibility index (Phi) is 2.18. The molecule has 0 radical (unpaired) electrons. The van der Waals surface area contributed by atoms with Crippen LogP contribution in [0, 0.1) is 5.92 Å². The van der Waals surface area contributed by atoms with E-state index in [-0.39, 0.29) is 23.9 Å². The molecule has 2 aliphatic heterocycles. The minimum Gasteiger partial charge on any atom is -0.460 e. The lowest BCUT2D eigenvalue weighted by Crippen LogP contribution is -2.38. The minimum absolute atomic E-state index is 0.0531. The van der Waals surface area contributed by atoms with Crippen molar-refractivity contribution in [3.05, 3.63) is 0 Å². The smallest absolute Gasteiger partial charge is 0.314 e. The highest BCUT2D eigenvalue weighted by atomic mass is 16.6. The lowest BCUT2D eigenvalue weighted by atomic mass is 10.1. The van der Waals surface area contributed by atoms with E-state index in [1.165, 1.54) is 0 Å². The second-order valence-corrected chi connectivity index (χ2v) is 3.30. The van der Waals surface area contributed by atoms with Gasteiger partial charge in [0.1, 0.15) is 12.0 Å². The lowest BCUT2D eigenvalue weighted by Gasteiger charge is -2.25. The van der Waals surface area contributed by atoms with Crippen molar-refractivity contribution in [2.24, 2.45) is 5.92 Å². The molecule has 0 bridgehead atoms. The number of hydrogen-bond acceptors (Lipinski definition) is 4. The van der Waals surface area contributed by atoms with E-state index in [0.717, 1.165) is 0 Å². The highest BCUT2D eigenvalue weighted by molar-refractivity contribution is 5.80. The molecule has 2 rings (SSSR count). The molecule has 0 aliphatic carbocycles. The van der Waals surface area contributed by atoms with Crippen molar-refractivity contribution in [2.75, 3.05) is 19.8 Å². The lowest BCUT2D eigenvalue weighted by molar-refractivity contribution is -0.167. The van der Waals surface area contributed by atoms with Gasteiger partial charge in [0.25, 0.3) is 0 Å². The fourth-order valence-electron chi connectivity index (χ4n) is 1.29. The Morgan fingerprint density at radius 3 is 2.77 bits per heavy atom. The number of carbonyl (C=O) groups is 2. The Labute approximate surface area is 75.4 Å². The summed E-state index contributed by atoms with van der Waals surface area (Å²) in [6.07, 6.45) is 0.0138. The monoisotopic (exact) mass is 185 g/mol. The Hall–Kier alpha value is -1.10. The molecule has 1 amide bonds. The average molecular weight is 185 g/mol. The zero-order valence-corrected chi connectivity index (χ0v) is 7.12. The van der Waals surface area contributed by atoms with E-state index in [1.54, 1.807) is 0 Å². The van der Waals surface area contributed by atoms with Gasteiger partial charge in [0.15, 0.2) is 0 Å². The Balaban J connectivity index is 1.77. The Bertz CT molecular complexity index is 236. The predicted octanol–water partition coefficient (Wildman–Crippen LogP) is -0.935. The summed E-state index contributed by atoms with van der Waals surface area (Å²) in [5, 5.41) is 2.60. The second kappa shape index (κ2) is 3.33. The number of hydrogen-bond donors (Lipinski definition) is 1. The summed E-state index contributed by atoms with van der Waals surface area (Å²) < 4.78 is 9.94. The molecular formula is C8H11NO4. The van der Waals surface area contributed by atoms with Crippen LogP contribution in [-0.2, 0) is 19.1 Å². The quantitative estimate of drug-likeness (QED) is 0.564. The molecule has 0 saturated carbocycles. The summed E-state index contributed by atoms with van der Waals surface area (Å²) in [4.78, 5) is 22.0. The third-order valence-electron chi connectivity index (χ3n) is 2.19. The van der Waals surface area contributed by atoms with Crippen LogP contribution >= 0.6 is 0 Å². The number of carbonyl (C=O) groups excluding carboxylic acids is 2. The Morgan fingerprint density at radius 2 is 2.31 bits per heavy atom. The standard InChI is InChI=1S/C8H11NO4/c10-7-1-6(2-9-7)13-8(11)5-3-12-4-5/h5-6H,1-4H2,(H,9,10). The summed E-state index contributed by atoms with van der Waals surface area (Å²) in [6, 6.07) is 0. The Morgan fingerprint density at radius 1 is 1.54 bits per heavy atom. The molecule has 5 heteroatoms. The van der Waals surface area contributed by atoms with Gasteiger partial charge in [-0.15, -0.1) is 0 Å². The van der Waals surface area contributed by atoms with Crippen molar-refractivity contribution in [3.8, 4) is 0 Å². The van der Waals surface area contributed by atoms with Gasteiger partial charge in [-0.25, -0.2) is 0 Å². The molecule has 1 unspecified atom stereocenters. The molecule has 13 heavy (non-hydrogen) atoms. The van der Waals surface area contributed by atoms with Crippen LogP contribution in [0.1, 0.15) is 6.42 Å². The fourth-order valence-corrected chi connectivity index (χ4v) is 1.29. The van der Waals surface area contributed by atoms with E-state index in [2.05, 4.69) is 5.32 Å². The first-order chi connectivity index (χ1) is 6.25. The third kappa shape index (κ3) is 1.80. The van der Waals surface area contributed by atoms with Crippen LogP contribution < -0.4 is 5.32 Å². The molecule has 72 valence electrons. The van der Waals surface area contributed by atoms with Crippen LogP contribution in [0.15, 0.2) is 0 Å².